The summed E-state index contributed by atoms with van der Waals surface area (Å²) >= 11 is 0. The fourth-order valence-electron chi connectivity index (χ4n) is 3.70. The maximum absolute atomic E-state index is 9.84. The highest BCUT2D eigenvalue weighted by Crippen LogP contribution is 2.69. The summed E-state index contributed by atoms with van der Waals surface area (Å²) in [5.41, 5.74) is 0.276. The van der Waals surface area contributed by atoms with Crippen LogP contribution in [0.3, 0.4) is 0 Å². The lowest BCUT2D eigenvalue weighted by Crippen LogP contribution is -2.47. The zero-order valence-electron chi connectivity index (χ0n) is 7.24. The van der Waals surface area contributed by atoms with Crippen LogP contribution in [0.2, 0.25) is 0 Å². The Kier molecular flexibility index (Phi) is 1.25. The van der Waals surface area contributed by atoms with Crippen molar-refractivity contribution >= 4 is 0 Å². The molecule has 68 valence electrons. The third-order valence-electron chi connectivity index (χ3n) is 4.55. The predicted molar refractivity (Wildman–Crippen MR) is 44.5 cm³/mol. The topological polar surface area (TPSA) is 40.5 Å². The summed E-state index contributed by atoms with van der Waals surface area (Å²) in [6.45, 7) is 0.337. The summed E-state index contributed by atoms with van der Waals surface area (Å²) in [4.78, 5) is 0. The maximum atomic E-state index is 9.84. The molecule has 2 N–H and O–H groups in total. The molecule has 4 saturated carbocycles. The van der Waals surface area contributed by atoms with Crippen LogP contribution in [0, 0.1) is 23.2 Å². The Bertz CT molecular complexity index is 212. The highest BCUT2D eigenvalue weighted by Gasteiger charge is 2.67. The molecule has 0 aromatic carbocycles. The van der Waals surface area contributed by atoms with Gasteiger partial charge in [0.15, 0.2) is 0 Å². The summed E-state index contributed by atoms with van der Waals surface area (Å²) in [6, 6.07) is 0. The molecule has 0 aromatic heterocycles. The van der Waals surface area contributed by atoms with Crippen molar-refractivity contribution in [2.75, 3.05) is 6.61 Å². The van der Waals surface area contributed by atoms with Crippen molar-refractivity contribution in [3.05, 3.63) is 0 Å². The van der Waals surface area contributed by atoms with Crippen molar-refractivity contribution < 1.29 is 10.2 Å². The van der Waals surface area contributed by atoms with Crippen molar-refractivity contribution in [2.24, 2.45) is 23.2 Å². The predicted octanol–water partition coefficient (Wildman–Crippen LogP) is 0.776. The molecule has 0 radical (unpaired) electrons. The molecule has 4 aliphatic carbocycles. The van der Waals surface area contributed by atoms with Crippen LogP contribution < -0.4 is 0 Å². The fraction of sp³-hybridized carbons (Fsp3) is 1.00. The van der Waals surface area contributed by atoms with Gasteiger partial charge in [-0.05, 0) is 43.4 Å². The number of aliphatic hydroxyl groups excluding tert-OH is 2. The molecule has 0 aliphatic heterocycles. The van der Waals surface area contributed by atoms with Crippen LogP contribution in [0.5, 0.6) is 0 Å². The second-order valence-corrected chi connectivity index (χ2v) is 4.97. The van der Waals surface area contributed by atoms with Crippen molar-refractivity contribution in [2.45, 2.75) is 31.8 Å². The van der Waals surface area contributed by atoms with Gasteiger partial charge in [0.25, 0.3) is 0 Å². The Balaban J connectivity index is 1.77. The Morgan fingerprint density at radius 1 is 1.42 bits per heavy atom. The maximum Gasteiger partial charge on any atom is 0.0627 e. The molecule has 2 nitrogen and oxygen atoms in total. The molecule has 0 aromatic rings. The molecule has 2 bridgehead atoms. The van der Waals surface area contributed by atoms with E-state index in [0.29, 0.717) is 24.4 Å². The minimum Gasteiger partial charge on any atom is -0.396 e. The van der Waals surface area contributed by atoms with E-state index in [1.807, 2.05) is 0 Å². The summed E-state index contributed by atoms with van der Waals surface area (Å²) < 4.78 is 0. The Hall–Kier alpha value is -0.0800. The molecule has 12 heavy (non-hydrogen) atoms. The number of hydrogen-bond acceptors (Lipinski definition) is 2. The second kappa shape index (κ2) is 2.05. The second-order valence-electron chi connectivity index (χ2n) is 4.97. The van der Waals surface area contributed by atoms with E-state index in [1.54, 1.807) is 0 Å². The minimum absolute atomic E-state index is 0.0148. The van der Waals surface area contributed by atoms with Crippen molar-refractivity contribution in [1.29, 1.82) is 0 Å². The molecule has 4 fully saturated rings. The van der Waals surface area contributed by atoms with Crippen LogP contribution in [0.4, 0.5) is 0 Å². The van der Waals surface area contributed by atoms with E-state index >= 15 is 0 Å². The largest absolute Gasteiger partial charge is 0.396 e. The third kappa shape index (κ3) is 0.647. The van der Waals surface area contributed by atoms with E-state index in [9.17, 15) is 5.11 Å². The van der Waals surface area contributed by atoms with Gasteiger partial charge in [-0.1, -0.05) is 0 Å². The van der Waals surface area contributed by atoms with Gasteiger partial charge >= 0.3 is 0 Å². The van der Waals surface area contributed by atoms with Gasteiger partial charge in [-0.15, -0.1) is 0 Å². The van der Waals surface area contributed by atoms with Crippen LogP contribution in [0.25, 0.3) is 0 Å². The van der Waals surface area contributed by atoms with Crippen molar-refractivity contribution in [1.82, 2.24) is 0 Å². The van der Waals surface area contributed by atoms with Crippen LogP contribution in [-0.2, 0) is 0 Å². The smallest absolute Gasteiger partial charge is 0.0627 e. The quantitative estimate of drug-likeness (QED) is 0.639. The zero-order valence-corrected chi connectivity index (χ0v) is 7.24. The third-order valence-corrected chi connectivity index (χ3v) is 4.55. The van der Waals surface area contributed by atoms with E-state index in [4.69, 9.17) is 5.11 Å². The molecule has 4 aliphatic rings. The zero-order chi connectivity index (χ0) is 8.34. The number of aliphatic hydroxyl groups is 2. The summed E-state index contributed by atoms with van der Waals surface area (Å²) in [6.07, 6.45) is 4.85. The molecule has 0 saturated heterocycles. The van der Waals surface area contributed by atoms with E-state index < -0.39 is 0 Å². The lowest BCUT2D eigenvalue weighted by molar-refractivity contribution is -0.0860. The Morgan fingerprint density at radius 3 is 2.67 bits per heavy atom. The van der Waals surface area contributed by atoms with Gasteiger partial charge < -0.3 is 10.2 Å². The van der Waals surface area contributed by atoms with E-state index in [2.05, 4.69) is 0 Å². The van der Waals surface area contributed by atoms with Crippen molar-refractivity contribution in [3.8, 4) is 0 Å². The van der Waals surface area contributed by atoms with Crippen LogP contribution in [-0.4, -0.2) is 22.9 Å². The monoisotopic (exact) mass is 168 g/mol. The highest BCUT2D eigenvalue weighted by atomic mass is 16.3. The van der Waals surface area contributed by atoms with Gasteiger partial charge in [0.05, 0.1) is 6.10 Å². The first-order valence-electron chi connectivity index (χ1n) is 5.07. The minimum atomic E-state index is -0.0148. The number of fused-ring (bicyclic) bond motifs is 1. The first-order chi connectivity index (χ1) is 5.78. The lowest BCUT2D eigenvalue weighted by atomic mass is 9.63. The molecule has 0 amide bonds. The van der Waals surface area contributed by atoms with Gasteiger partial charge in [-0.2, -0.15) is 0 Å². The standard InChI is InChI=1S/C10H16O2/c11-5-7-3-8(7)10-2-1-6(4-10)9(10)12/h6-9,11-12H,1-5H2/t6-,7-,8+,9?,10+/m1/s1. The van der Waals surface area contributed by atoms with Gasteiger partial charge in [0.2, 0.25) is 0 Å². The Labute approximate surface area is 72.6 Å². The van der Waals surface area contributed by atoms with Crippen LogP contribution >= 0.6 is 0 Å². The summed E-state index contributed by atoms with van der Waals surface area (Å²) in [7, 11) is 0. The van der Waals surface area contributed by atoms with Crippen LogP contribution in [0.1, 0.15) is 25.7 Å². The average Bonchev–Trinajstić information content (AvgIpc) is 2.65. The first kappa shape index (κ1) is 7.34. The van der Waals surface area contributed by atoms with Crippen LogP contribution in [0.15, 0.2) is 0 Å². The van der Waals surface area contributed by atoms with Gasteiger partial charge in [0.1, 0.15) is 0 Å². The molecule has 1 unspecified atom stereocenters. The molecule has 0 spiro atoms. The molecule has 5 atom stereocenters. The molecular formula is C10H16O2. The summed E-state index contributed by atoms with van der Waals surface area (Å²) in [5, 5.41) is 18.8. The van der Waals surface area contributed by atoms with Gasteiger partial charge in [-0.3, -0.25) is 0 Å². The molecule has 2 heteroatoms. The number of hydrogen-bond donors (Lipinski definition) is 2. The number of rotatable bonds is 2. The summed E-state index contributed by atoms with van der Waals surface area (Å²) in [5.74, 6) is 1.81. The van der Waals surface area contributed by atoms with E-state index in [-0.39, 0.29) is 11.5 Å². The molecule has 0 heterocycles. The first-order valence-corrected chi connectivity index (χ1v) is 5.07. The van der Waals surface area contributed by atoms with E-state index in [1.165, 1.54) is 25.7 Å². The van der Waals surface area contributed by atoms with Crippen molar-refractivity contribution in [3.63, 3.8) is 0 Å². The van der Waals surface area contributed by atoms with Gasteiger partial charge in [0, 0.05) is 12.0 Å². The fourth-order valence-corrected chi connectivity index (χ4v) is 3.70. The SMILES string of the molecule is OC[C@H]1C[C@@H]1[C@]12CC[C@H](C1)C2O. The van der Waals surface area contributed by atoms with E-state index in [0.717, 1.165) is 0 Å². The molecule has 4 rings (SSSR count). The highest BCUT2D eigenvalue weighted by molar-refractivity contribution is 5.16. The Morgan fingerprint density at radius 2 is 2.25 bits per heavy atom. The normalized spacial score (nSPS) is 61.5. The lowest BCUT2D eigenvalue weighted by Gasteiger charge is -2.45. The average molecular weight is 168 g/mol. The molecular weight excluding hydrogens is 152 g/mol. The van der Waals surface area contributed by atoms with Gasteiger partial charge in [-0.25, -0.2) is 0 Å².